The van der Waals surface area contributed by atoms with Crippen LogP contribution >= 0.6 is 23.2 Å². The molecule has 176 valence electrons. The molecule has 0 radical (unpaired) electrons. The standard InChI is InChI=1S/C24H18Cl2FN2O4S/c1-34(32,33)29(19-10-11-22(27)21(12-19)24(30)31)20-13-28(14-20)23(15-2-6-17(25)7-3-15)16-4-8-18(26)9-5-16/h2-14,23H,1H3,(H,30,31)/q-1. The normalized spacial score (nSPS) is 11.7. The summed E-state index contributed by atoms with van der Waals surface area (Å²) in [5.74, 6) is -2.45. The van der Waals surface area contributed by atoms with E-state index in [-0.39, 0.29) is 11.7 Å². The molecule has 0 saturated carbocycles. The average molecular weight is 520 g/mol. The van der Waals surface area contributed by atoms with Gasteiger partial charge in [0, 0.05) is 10.0 Å². The molecule has 1 N–H and O–H groups in total. The van der Waals surface area contributed by atoms with Gasteiger partial charge in [0.2, 0.25) is 10.0 Å². The fourth-order valence-corrected chi connectivity index (χ4v) is 4.94. The van der Waals surface area contributed by atoms with Crippen LogP contribution in [0, 0.1) is 5.82 Å². The van der Waals surface area contributed by atoms with E-state index in [1.54, 1.807) is 36.7 Å². The topological polar surface area (TPSA) is 79.6 Å². The van der Waals surface area contributed by atoms with E-state index in [4.69, 9.17) is 23.2 Å². The van der Waals surface area contributed by atoms with E-state index >= 15 is 0 Å². The predicted molar refractivity (Wildman–Crippen MR) is 131 cm³/mol. The van der Waals surface area contributed by atoms with Gasteiger partial charge < -0.3 is 9.67 Å². The first-order valence-corrected chi connectivity index (χ1v) is 12.5. The highest BCUT2D eigenvalue weighted by atomic mass is 35.5. The Balaban J connectivity index is 1.78. The number of nitrogens with zero attached hydrogens (tertiary/aromatic N) is 2. The number of rotatable bonds is 7. The van der Waals surface area contributed by atoms with E-state index in [0.29, 0.717) is 15.7 Å². The second kappa shape index (κ2) is 9.21. The number of hydrogen-bond donors (Lipinski definition) is 1. The van der Waals surface area contributed by atoms with Gasteiger partial charge in [-0.1, -0.05) is 59.9 Å². The number of anilines is 2. The third-order valence-electron chi connectivity index (χ3n) is 5.21. The molecule has 0 atom stereocenters. The Morgan fingerprint density at radius 3 is 1.94 bits per heavy atom. The van der Waals surface area contributed by atoms with E-state index in [1.807, 2.05) is 28.8 Å². The summed E-state index contributed by atoms with van der Waals surface area (Å²) in [6.07, 6.45) is 4.24. The zero-order valence-corrected chi connectivity index (χ0v) is 20.0. The Labute approximate surface area is 205 Å². The molecule has 0 fully saturated rings. The molecular formula is C24H18Cl2FN2O4S-. The molecule has 10 heteroatoms. The molecule has 1 heterocycles. The molecule has 0 unspecified atom stereocenters. The lowest BCUT2D eigenvalue weighted by atomic mass is 9.98. The van der Waals surface area contributed by atoms with Crippen LogP contribution in [-0.2, 0) is 10.0 Å². The second-order valence-electron chi connectivity index (χ2n) is 7.63. The Bertz CT molecular complexity index is 1390. The first kappa shape index (κ1) is 23.9. The third-order valence-corrected chi connectivity index (χ3v) is 6.80. The van der Waals surface area contributed by atoms with Gasteiger partial charge in [-0.3, -0.25) is 4.31 Å². The molecule has 0 spiro atoms. The van der Waals surface area contributed by atoms with E-state index in [1.165, 1.54) is 6.07 Å². The number of aromatic carboxylic acids is 1. The zero-order valence-electron chi connectivity index (χ0n) is 17.7. The van der Waals surface area contributed by atoms with Gasteiger partial charge in [-0.2, -0.15) is 0 Å². The van der Waals surface area contributed by atoms with Gasteiger partial charge in [-0.25, -0.2) is 17.6 Å². The quantitative estimate of drug-likeness (QED) is 0.299. The number of hydrogen-bond acceptors (Lipinski definition) is 3. The van der Waals surface area contributed by atoms with Crippen molar-refractivity contribution in [2.24, 2.45) is 0 Å². The summed E-state index contributed by atoms with van der Waals surface area (Å²) in [6.45, 7) is 0. The Kier molecular flexibility index (Phi) is 6.49. The summed E-state index contributed by atoms with van der Waals surface area (Å²) in [5.41, 5.74) is 1.48. The van der Waals surface area contributed by atoms with Gasteiger partial charge in [0.1, 0.15) is 5.82 Å². The summed E-state index contributed by atoms with van der Waals surface area (Å²) < 4.78 is 41.9. The first-order valence-electron chi connectivity index (χ1n) is 9.93. The molecule has 4 rings (SSSR count). The van der Waals surface area contributed by atoms with Crippen molar-refractivity contribution in [3.05, 3.63) is 112 Å². The van der Waals surface area contributed by atoms with Crippen molar-refractivity contribution in [3.63, 3.8) is 0 Å². The first-order chi connectivity index (χ1) is 16.0. The largest absolute Gasteiger partial charge is 0.478 e. The van der Waals surface area contributed by atoms with E-state index in [0.717, 1.165) is 33.8 Å². The lowest BCUT2D eigenvalue weighted by molar-refractivity contribution is 0.0692. The van der Waals surface area contributed by atoms with Gasteiger partial charge in [-0.05, 0) is 59.3 Å². The molecule has 0 saturated heterocycles. The van der Waals surface area contributed by atoms with Crippen molar-refractivity contribution in [2.75, 3.05) is 10.6 Å². The predicted octanol–water partition coefficient (Wildman–Crippen LogP) is 6.09. The van der Waals surface area contributed by atoms with E-state index < -0.39 is 27.4 Å². The smallest absolute Gasteiger partial charge is 0.338 e. The van der Waals surface area contributed by atoms with E-state index in [9.17, 15) is 22.7 Å². The monoisotopic (exact) mass is 519 g/mol. The molecule has 0 aliphatic heterocycles. The van der Waals surface area contributed by atoms with Crippen LogP contribution in [0.25, 0.3) is 0 Å². The summed E-state index contributed by atoms with van der Waals surface area (Å²) in [5, 5.41) is 10.4. The van der Waals surface area contributed by atoms with Crippen LogP contribution < -0.4 is 4.31 Å². The number of halogens is 3. The molecular weight excluding hydrogens is 502 g/mol. The second-order valence-corrected chi connectivity index (χ2v) is 10.3. The Morgan fingerprint density at radius 2 is 1.50 bits per heavy atom. The third kappa shape index (κ3) is 4.84. The van der Waals surface area contributed by atoms with Crippen LogP contribution in [0.5, 0.6) is 0 Å². The highest BCUT2D eigenvalue weighted by Crippen LogP contribution is 2.36. The molecule has 0 amide bonds. The molecule has 1 aromatic heterocycles. The Hall–Kier alpha value is -3.20. The van der Waals surface area contributed by atoms with Crippen LogP contribution in [0.1, 0.15) is 27.5 Å². The number of benzene rings is 3. The van der Waals surface area contributed by atoms with Crippen molar-refractivity contribution < 1.29 is 22.7 Å². The SMILES string of the molecule is CS(=O)(=O)N(c1ccc(F)c(C(=O)O)c1)c1cn(C(c2ccc(Cl)cc2)c2ccc(Cl)cc2)[cH-]1. The highest BCUT2D eigenvalue weighted by molar-refractivity contribution is 7.92. The van der Waals surface area contributed by atoms with Gasteiger partial charge in [0.05, 0.1) is 23.5 Å². The number of carbonyl (C=O) groups is 1. The van der Waals surface area contributed by atoms with Crippen LogP contribution in [0.2, 0.25) is 10.0 Å². The minimum absolute atomic E-state index is 0.0120. The molecule has 3 aromatic carbocycles. The average Bonchev–Trinajstić information content (AvgIpc) is 2.74. The number of sulfonamides is 1. The highest BCUT2D eigenvalue weighted by Gasteiger charge is 2.24. The van der Waals surface area contributed by atoms with Crippen LogP contribution in [0.4, 0.5) is 15.8 Å². The van der Waals surface area contributed by atoms with Crippen molar-refractivity contribution in [1.29, 1.82) is 0 Å². The molecule has 4 aromatic rings. The maximum atomic E-state index is 13.9. The van der Waals surface area contributed by atoms with Gasteiger partial charge >= 0.3 is 5.97 Å². The Morgan fingerprint density at radius 1 is 1.00 bits per heavy atom. The van der Waals surface area contributed by atoms with Crippen molar-refractivity contribution in [2.45, 2.75) is 6.04 Å². The van der Waals surface area contributed by atoms with E-state index in [2.05, 4.69) is 0 Å². The van der Waals surface area contributed by atoms with Crippen LogP contribution in [0.3, 0.4) is 0 Å². The lowest BCUT2D eigenvalue weighted by Gasteiger charge is -2.36. The maximum Gasteiger partial charge on any atom is 0.338 e. The van der Waals surface area contributed by atoms with Gasteiger partial charge in [0.15, 0.2) is 0 Å². The summed E-state index contributed by atoms with van der Waals surface area (Å²) in [6, 6.07) is 17.4. The van der Waals surface area contributed by atoms with Crippen LogP contribution in [0.15, 0.2) is 79.1 Å². The molecule has 34 heavy (non-hydrogen) atoms. The fraction of sp³-hybridized carbons (Fsp3) is 0.0833. The van der Waals surface area contributed by atoms with Crippen molar-refractivity contribution in [3.8, 4) is 0 Å². The number of aromatic nitrogens is 1. The summed E-state index contributed by atoms with van der Waals surface area (Å²) in [4.78, 5) is 11.3. The summed E-state index contributed by atoms with van der Waals surface area (Å²) in [7, 11) is -3.87. The fourth-order valence-electron chi connectivity index (χ4n) is 3.71. The maximum absolute atomic E-state index is 13.9. The van der Waals surface area contributed by atoms with Crippen molar-refractivity contribution >= 4 is 50.6 Å². The molecule has 0 aliphatic rings. The zero-order chi connectivity index (χ0) is 24.6. The molecule has 6 nitrogen and oxygen atoms in total. The van der Waals surface area contributed by atoms with Gasteiger partial charge in [-0.15, -0.1) is 0 Å². The minimum Gasteiger partial charge on any atom is -0.478 e. The number of carboxylic acid groups (broad SMARTS) is 1. The number of carboxylic acids is 1. The van der Waals surface area contributed by atoms with Crippen molar-refractivity contribution in [1.82, 2.24) is 4.57 Å². The van der Waals surface area contributed by atoms with Crippen LogP contribution in [-0.4, -0.2) is 30.3 Å². The summed E-state index contributed by atoms with van der Waals surface area (Å²) >= 11 is 12.1. The van der Waals surface area contributed by atoms with Gasteiger partial charge in [0.25, 0.3) is 0 Å². The minimum atomic E-state index is -3.87. The molecule has 0 aliphatic carbocycles. The molecule has 0 bridgehead atoms. The lowest BCUT2D eigenvalue weighted by Crippen LogP contribution is -2.28.